The van der Waals surface area contributed by atoms with E-state index in [4.69, 9.17) is 18.9 Å². The van der Waals surface area contributed by atoms with Gasteiger partial charge in [-0.1, -0.05) is 46.3 Å². The van der Waals surface area contributed by atoms with E-state index >= 15 is 0 Å². The molecule has 0 amide bonds. The van der Waals surface area contributed by atoms with Crippen LogP contribution in [0.3, 0.4) is 0 Å². The second-order valence-corrected chi connectivity index (χ2v) is 20.1. The van der Waals surface area contributed by atoms with Crippen LogP contribution in [0.25, 0.3) is 0 Å². The van der Waals surface area contributed by atoms with Crippen molar-refractivity contribution in [3.05, 3.63) is 11.6 Å². The van der Waals surface area contributed by atoms with Crippen LogP contribution in [0.4, 0.5) is 0 Å². The Kier molecular flexibility index (Phi) is 12.5. The lowest BCUT2D eigenvalue weighted by molar-refractivity contribution is -0.378. The van der Waals surface area contributed by atoms with Crippen LogP contribution in [0.2, 0.25) is 0 Å². The molecule has 9 N–H and O–H groups in total. The number of hydrogen-bond donors (Lipinski definition) is 9. The van der Waals surface area contributed by atoms with Crippen LogP contribution in [-0.4, -0.2) is 138 Å². The highest BCUT2D eigenvalue weighted by atomic mass is 16.8. The van der Waals surface area contributed by atoms with Gasteiger partial charge in [0.1, 0.15) is 48.8 Å². The first-order valence-corrected chi connectivity index (χ1v) is 20.9. The van der Waals surface area contributed by atoms with Crippen molar-refractivity contribution in [1.82, 2.24) is 0 Å². The Hall–Kier alpha value is -0.780. The Bertz CT molecular complexity index is 1370. The summed E-state index contributed by atoms with van der Waals surface area (Å²) in [5.41, 5.74) is -0.405. The predicted molar refractivity (Wildman–Crippen MR) is 201 cm³/mol. The van der Waals surface area contributed by atoms with Crippen LogP contribution in [-0.2, 0) is 18.9 Å². The number of rotatable bonds is 10. The quantitative estimate of drug-likeness (QED) is 0.115. The second-order valence-electron chi connectivity index (χ2n) is 20.1. The summed E-state index contributed by atoms with van der Waals surface area (Å²) in [4.78, 5) is 0. The van der Waals surface area contributed by atoms with Crippen molar-refractivity contribution in [1.29, 1.82) is 0 Å². The van der Waals surface area contributed by atoms with Crippen molar-refractivity contribution in [2.45, 2.75) is 192 Å². The molecule has 0 radical (unpaired) electrons. The maximum atomic E-state index is 12.2. The van der Waals surface area contributed by atoms with Gasteiger partial charge in [-0.3, -0.25) is 0 Å². The molecule has 6 rings (SSSR count). The summed E-state index contributed by atoms with van der Waals surface area (Å²) in [5.74, 6) is 0.445. The van der Waals surface area contributed by atoms with E-state index in [2.05, 4.69) is 54.5 Å². The fraction of sp³-hybridized carbons (Fsp3) is 0.952. The maximum absolute atomic E-state index is 12.2. The molecule has 7 unspecified atom stereocenters. The molecule has 55 heavy (non-hydrogen) atoms. The minimum absolute atomic E-state index is 0.00798. The molecule has 318 valence electrons. The van der Waals surface area contributed by atoms with Gasteiger partial charge in [0.15, 0.2) is 12.6 Å². The van der Waals surface area contributed by atoms with Crippen LogP contribution >= 0.6 is 0 Å². The zero-order chi connectivity index (χ0) is 40.6. The fourth-order valence-corrected chi connectivity index (χ4v) is 13.3. The van der Waals surface area contributed by atoms with Crippen LogP contribution in [0.5, 0.6) is 0 Å². The summed E-state index contributed by atoms with van der Waals surface area (Å²) >= 11 is 0. The van der Waals surface area contributed by atoms with Crippen LogP contribution in [0, 0.1) is 45.3 Å². The molecule has 4 saturated carbocycles. The molecular formula is C42H72O13. The molecule has 20 atom stereocenters. The minimum Gasteiger partial charge on any atom is -0.394 e. The first-order valence-electron chi connectivity index (χ1n) is 20.9. The van der Waals surface area contributed by atoms with Gasteiger partial charge in [-0.25, -0.2) is 0 Å². The van der Waals surface area contributed by atoms with Gasteiger partial charge in [-0.15, -0.1) is 0 Å². The molecule has 13 heteroatoms. The molecular weight excluding hydrogens is 712 g/mol. The third-order valence-corrected chi connectivity index (χ3v) is 16.6. The van der Waals surface area contributed by atoms with E-state index in [1.807, 2.05) is 6.92 Å². The highest BCUT2D eigenvalue weighted by molar-refractivity contribution is 5.20. The molecule has 0 aromatic carbocycles. The maximum Gasteiger partial charge on any atom is 0.187 e. The largest absolute Gasteiger partial charge is 0.394 e. The fourth-order valence-electron chi connectivity index (χ4n) is 13.3. The number of aliphatic hydroxyl groups is 9. The first kappa shape index (κ1) is 43.8. The summed E-state index contributed by atoms with van der Waals surface area (Å²) in [6, 6.07) is 0. The molecule has 0 aromatic heterocycles. The van der Waals surface area contributed by atoms with Crippen LogP contribution in [0.15, 0.2) is 11.6 Å². The molecule has 4 aliphatic carbocycles. The monoisotopic (exact) mass is 784 g/mol. The van der Waals surface area contributed by atoms with E-state index in [0.29, 0.717) is 19.3 Å². The van der Waals surface area contributed by atoms with Crippen LogP contribution < -0.4 is 0 Å². The van der Waals surface area contributed by atoms with E-state index in [9.17, 15) is 46.0 Å². The Morgan fingerprint density at radius 3 is 1.95 bits per heavy atom. The predicted octanol–water partition coefficient (Wildman–Crippen LogP) is 2.15. The minimum atomic E-state index is -1.75. The summed E-state index contributed by atoms with van der Waals surface area (Å²) < 4.78 is 24.4. The number of hydrogen-bond acceptors (Lipinski definition) is 13. The summed E-state index contributed by atoms with van der Waals surface area (Å²) in [6.45, 7) is 16.5. The Labute approximate surface area is 327 Å². The topological polar surface area (TPSA) is 219 Å². The summed E-state index contributed by atoms with van der Waals surface area (Å²) in [7, 11) is 0. The molecule has 0 aromatic rings. The van der Waals surface area contributed by atoms with Gasteiger partial charge in [0, 0.05) is 0 Å². The SMILES string of the molecule is CC(C)=CCCC(C)(O)C1CC[C@@]2(C)C1[C@@H](O)CC1[C@]3(C)CCC(O[C@@H]4O[C@H](CO)[C@@H](O)[C@H](O)[C@H]4OC4O[C@H](CO)[C@@H](O)[C@H](O)[C@H]4O)C(C)(C)C3CC[C@@]12C. The highest BCUT2D eigenvalue weighted by Gasteiger charge is 2.71. The van der Waals surface area contributed by atoms with E-state index < -0.39 is 97.8 Å². The van der Waals surface area contributed by atoms with Crippen molar-refractivity contribution in [2.24, 2.45) is 45.3 Å². The lowest BCUT2D eigenvalue weighted by atomic mass is 9.35. The lowest BCUT2D eigenvalue weighted by Crippen LogP contribution is -2.68. The standard InChI is InChI=1S/C42H72O13/c1-21(2)10-9-14-42(8,51)22-11-16-41(7)29(22)23(45)18-27-39(5)15-13-28(38(3,4)26(39)12-17-40(27,41)6)54-37-35(33(49)31(47)25(20-44)53-37)55-36-34(50)32(48)30(46)24(19-43)52-36/h10,22-37,43-51H,9,11-20H2,1-8H3/t22?,23-,24+,25+,26?,27?,28?,29?,30+,31+,32-,33-,34+,35+,36?,37-,39+,40-,41-,42?/m0/s1. The van der Waals surface area contributed by atoms with Crippen molar-refractivity contribution < 1.29 is 64.9 Å². The molecule has 2 saturated heterocycles. The number of ether oxygens (including phenoxy) is 4. The smallest absolute Gasteiger partial charge is 0.187 e. The molecule has 0 spiro atoms. The second kappa shape index (κ2) is 15.7. The third-order valence-electron chi connectivity index (χ3n) is 16.6. The summed E-state index contributed by atoms with van der Waals surface area (Å²) in [6.07, 6.45) is -6.48. The van der Waals surface area contributed by atoms with Gasteiger partial charge in [0.05, 0.1) is 31.0 Å². The van der Waals surface area contributed by atoms with Crippen molar-refractivity contribution in [3.63, 3.8) is 0 Å². The average Bonchev–Trinajstić information content (AvgIpc) is 3.50. The molecule has 6 aliphatic rings. The van der Waals surface area contributed by atoms with E-state index in [1.165, 1.54) is 5.57 Å². The van der Waals surface area contributed by atoms with E-state index in [-0.39, 0.29) is 39.9 Å². The molecule has 0 bridgehead atoms. The third kappa shape index (κ3) is 7.20. The average molecular weight is 785 g/mol. The lowest BCUT2D eigenvalue weighted by Gasteiger charge is -2.70. The van der Waals surface area contributed by atoms with Gasteiger partial charge in [-0.05, 0) is 124 Å². The zero-order valence-corrected chi connectivity index (χ0v) is 34.3. The van der Waals surface area contributed by atoms with Gasteiger partial charge >= 0.3 is 0 Å². The van der Waals surface area contributed by atoms with Crippen molar-refractivity contribution >= 4 is 0 Å². The van der Waals surface area contributed by atoms with Gasteiger partial charge in [-0.2, -0.15) is 0 Å². The van der Waals surface area contributed by atoms with Gasteiger partial charge < -0.3 is 64.9 Å². The van der Waals surface area contributed by atoms with Crippen molar-refractivity contribution in [2.75, 3.05) is 13.2 Å². The number of allylic oxidation sites excluding steroid dienone is 2. The Morgan fingerprint density at radius 2 is 1.33 bits per heavy atom. The van der Waals surface area contributed by atoms with Gasteiger partial charge in [0.25, 0.3) is 0 Å². The summed E-state index contributed by atoms with van der Waals surface area (Å²) in [5, 5.41) is 97.4. The number of fused-ring (bicyclic) bond motifs is 5. The Balaban J connectivity index is 1.23. The first-order chi connectivity index (χ1) is 25.6. The van der Waals surface area contributed by atoms with Crippen molar-refractivity contribution in [3.8, 4) is 0 Å². The van der Waals surface area contributed by atoms with Crippen LogP contribution in [0.1, 0.15) is 113 Å². The van der Waals surface area contributed by atoms with E-state index in [1.54, 1.807) is 0 Å². The van der Waals surface area contributed by atoms with E-state index in [0.717, 1.165) is 38.5 Å². The molecule has 6 fully saturated rings. The number of aliphatic hydroxyl groups excluding tert-OH is 8. The molecule has 2 aliphatic heterocycles. The molecule has 13 nitrogen and oxygen atoms in total. The molecule has 2 heterocycles. The Morgan fingerprint density at radius 1 is 0.727 bits per heavy atom. The van der Waals surface area contributed by atoms with Gasteiger partial charge in [0.2, 0.25) is 0 Å². The highest BCUT2D eigenvalue weighted by Crippen LogP contribution is 2.76. The normalized spacial score (nSPS) is 52.0. The zero-order valence-electron chi connectivity index (χ0n) is 34.3.